The Labute approximate surface area is 127 Å². The Kier molecular flexibility index (Phi) is 7.53. The van der Waals surface area contributed by atoms with E-state index in [0.29, 0.717) is 23.5 Å². The third-order valence-corrected chi connectivity index (χ3v) is 5.56. The molecule has 1 rings (SSSR count). The number of hydrogen-bond acceptors (Lipinski definition) is 2. The molecule has 0 amide bonds. The molecule has 0 spiro atoms. The Morgan fingerprint density at radius 2 is 1.95 bits per heavy atom. The van der Waals surface area contributed by atoms with Crippen LogP contribution in [0.5, 0.6) is 0 Å². The number of rotatable bonds is 8. The molecule has 1 aliphatic carbocycles. The molecule has 20 heavy (non-hydrogen) atoms. The van der Waals surface area contributed by atoms with Gasteiger partial charge in [-0.25, -0.2) is 0 Å². The highest BCUT2D eigenvalue weighted by molar-refractivity contribution is 4.90. The van der Waals surface area contributed by atoms with Crippen LogP contribution in [0.25, 0.3) is 0 Å². The Morgan fingerprint density at radius 1 is 1.25 bits per heavy atom. The maximum Gasteiger partial charge on any atom is 0.0730 e. The third kappa shape index (κ3) is 5.04. The fraction of sp³-hybridized carbons (Fsp3) is 1.00. The van der Waals surface area contributed by atoms with Crippen LogP contribution in [0.3, 0.4) is 0 Å². The van der Waals surface area contributed by atoms with E-state index in [0.717, 1.165) is 12.5 Å². The van der Waals surface area contributed by atoms with Crippen molar-refractivity contribution >= 4 is 0 Å². The summed E-state index contributed by atoms with van der Waals surface area (Å²) in [5.41, 5.74) is 0.454. The summed E-state index contributed by atoms with van der Waals surface area (Å²) in [5.74, 6) is 1.50. The van der Waals surface area contributed by atoms with Gasteiger partial charge in [-0.15, -0.1) is 0 Å². The first-order chi connectivity index (χ1) is 9.44. The molecule has 0 bridgehead atoms. The van der Waals surface area contributed by atoms with Gasteiger partial charge in [0, 0.05) is 12.6 Å². The predicted molar refractivity (Wildman–Crippen MR) is 88.1 cm³/mol. The molecule has 1 saturated carbocycles. The maximum atomic E-state index is 6.31. The van der Waals surface area contributed by atoms with E-state index < -0.39 is 0 Å². The van der Waals surface area contributed by atoms with E-state index >= 15 is 0 Å². The largest absolute Gasteiger partial charge is 0.376 e. The first-order valence-electron chi connectivity index (χ1n) is 8.73. The normalized spacial score (nSPS) is 29.4. The summed E-state index contributed by atoms with van der Waals surface area (Å²) < 4.78 is 6.31. The molecule has 1 aliphatic rings. The van der Waals surface area contributed by atoms with Gasteiger partial charge in [-0.05, 0) is 50.0 Å². The lowest BCUT2D eigenvalue weighted by atomic mass is 9.68. The van der Waals surface area contributed by atoms with E-state index in [-0.39, 0.29) is 0 Å². The van der Waals surface area contributed by atoms with Crippen molar-refractivity contribution in [2.45, 2.75) is 85.3 Å². The highest BCUT2D eigenvalue weighted by atomic mass is 16.5. The smallest absolute Gasteiger partial charge is 0.0730 e. The third-order valence-electron chi connectivity index (χ3n) is 5.56. The SMILES string of the molecule is CCCC(C)COC1CC(C(C)(C)CC)CCC1NC. The van der Waals surface area contributed by atoms with E-state index in [9.17, 15) is 0 Å². The average molecular weight is 283 g/mol. The summed E-state index contributed by atoms with van der Waals surface area (Å²) in [5, 5.41) is 3.47. The number of ether oxygens (including phenoxy) is 1. The van der Waals surface area contributed by atoms with Crippen LogP contribution in [0.1, 0.15) is 73.1 Å². The standard InChI is InChI=1S/C18H37NO/c1-7-9-14(3)13-20-17-12-15(18(4,5)8-2)10-11-16(17)19-6/h14-17,19H,7-13H2,1-6H3. The molecule has 0 aromatic rings. The average Bonchev–Trinajstić information content (AvgIpc) is 2.45. The van der Waals surface area contributed by atoms with Crippen molar-refractivity contribution in [1.82, 2.24) is 5.32 Å². The van der Waals surface area contributed by atoms with Crippen LogP contribution in [0.4, 0.5) is 0 Å². The second-order valence-electron chi connectivity index (χ2n) is 7.51. The van der Waals surface area contributed by atoms with Crippen molar-refractivity contribution in [1.29, 1.82) is 0 Å². The van der Waals surface area contributed by atoms with Crippen molar-refractivity contribution in [3.05, 3.63) is 0 Å². The van der Waals surface area contributed by atoms with Gasteiger partial charge in [-0.2, -0.15) is 0 Å². The lowest BCUT2D eigenvalue weighted by Crippen LogP contribution is -2.47. The maximum absolute atomic E-state index is 6.31. The van der Waals surface area contributed by atoms with Gasteiger partial charge in [0.1, 0.15) is 0 Å². The van der Waals surface area contributed by atoms with Crippen LogP contribution >= 0.6 is 0 Å². The van der Waals surface area contributed by atoms with Crippen molar-refractivity contribution in [3.63, 3.8) is 0 Å². The lowest BCUT2D eigenvalue weighted by molar-refractivity contribution is -0.0410. The van der Waals surface area contributed by atoms with E-state index in [1.54, 1.807) is 0 Å². The van der Waals surface area contributed by atoms with Gasteiger partial charge in [0.05, 0.1) is 6.10 Å². The van der Waals surface area contributed by atoms with Crippen molar-refractivity contribution < 1.29 is 4.74 Å². The zero-order valence-electron chi connectivity index (χ0n) is 14.7. The zero-order valence-corrected chi connectivity index (χ0v) is 14.7. The molecule has 0 aromatic heterocycles. The fourth-order valence-electron chi connectivity index (χ4n) is 3.51. The van der Waals surface area contributed by atoms with E-state index in [1.165, 1.54) is 38.5 Å². The summed E-state index contributed by atoms with van der Waals surface area (Å²) in [7, 11) is 2.09. The molecular weight excluding hydrogens is 246 g/mol. The van der Waals surface area contributed by atoms with Gasteiger partial charge < -0.3 is 10.1 Å². The topological polar surface area (TPSA) is 21.3 Å². The molecule has 1 N–H and O–H groups in total. The molecule has 0 aromatic carbocycles. The minimum absolute atomic E-state index is 0.406. The summed E-state index contributed by atoms with van der Waals surface area (Å²) in [6.45, 7) is 12.7. The molecule has 0 saturated heterocycles. The van der Waals surface area contributed by atoms with Crippen LogP contribution in [0.2, 0.25) is 0 Å². The summed E-state index contributed by atoms with van der Waals surface area (Å²) in [4.78, 5) is 0. The fourth-order valence-corrected chi connectivity index (χ4v) is 3.51. The summed E-state index contributed by atoms with van der Waals surface area (Å²) in [6, 6.07) is 0.549. The second kappa shape index (κ2) is 8.38. The van der Waals surface area contributed by atoms with Crippen LogP contribution in [-0.4, -0.2) is 25.8 Å². The highest BCUT2D eigenvalue weighted by Crippen LogP contribution is 2.41. The van der Waals surface area contributed by atoms with Crippen LogP contribution < -0.4 is 5.32 Å². The van der Waals surface area contributed by atoms with Crippen molar-refractivity contribution in [2.75, 3.05) is 13.7 Å². The molecule has 4 unspecified atom stereocenters. The quantitative estimate of drug-likeness (QED) is 0.701. The van der Waals surface area contributed by atoms with Gasteiger partial charge in [-0.3, -0.25) is 0 Å². The number of likely N-dealkylation sites (N-methyl/N-ethyl adjacent to an activating group) is 1. The van der Waals surface area contributed by atoms with Gasteiger partial charge in [0.25, 0.3) is 0 Å². The zero-order chi connectivity index (χ0) is 15.2. The highest BCUT2D eigenvalue weighted by Gasteiger charge is 2.37. The Bertz CT molecular complexity index is 264. The van der Waals surface area contributed by atoms with Crippen LogP contribution in [-0.2, 0) is 4.74 Å². The van der Waals surface area contributed by atoms with E-state index in [1.807, 2.05) is 0 Å². The molecule has 1 fully saturated rings. The summed E-state index contributed by atoms with van der Waals surface area (Å²) >= 11 is 0. The van der Waals surface area contributed by atoms with E-state index in [4.69, 9.17) is 4.74 Å². The molecule has 0 radical (unpaired) electrons. The summed E-state index contributed by atoms with van der Waals surface area (Å²) in [6.07, 6.45) is 8.04. The van der Waals surface area contributed by atoms with Crippen LogP contribution in [0, 0.1) is 17.3 Å². The number of hydrogen-bond donors (Lipinski definition) is 1. The van der Waals surface area contributed by atoms with Gasteiger partial charge in [0.2, 0.25) is 0 Å². The monoisotopic (exact) mass is 283 g/mol. The first-order valence-corrected chi connectivity index (χ1v) is 8.73. The van der Waals surface area contributed by atoms with Gasteiger partial charge in [-0.1, -0.05) is 47.5 Å². The molecule has 0 aliphatic heterocycles. The Morgan fingerprint density at radius 3 is 2.50 bits per heavy atom. The van der Waals surface area contributed by atoms with E-state index in [2.05, 4.69) is 47.0 Å². The first kappa shape index (κ1) is 18.0. The Balaban J connectivity index is 2.55. The second-order valence-corrected chi connectivity index (χ2v) is 7.51. The Hall–Kier alpha value is -0.0800. The molecule has 120 valence electrons. The van der Waals surface area contributed by atoms with Crippen molar-refractivity contribution in [2.24, 2.45) is 17.3 Å². The van der Waals surface area contributed by atoms with Gasteiger partial charge >= 0.3 is 0 Å². The predicted octanol–water partition coefficient (Wildman–Crippen LogP) is 4.63. The molecular formula is C18H37NO. The lowest BCUT2D eigenvalue weighted by Gasteiger charge is -2.43. The number of nitrogens with one attached hydrogen (secondary N) is 1. The molecule has 4 atom stereocenters. The van der Waals surface area contributed by atoms with Crippen molar-refractivity contribution in [3.8, 4) is 0 Å². The minimum atomic E-state index is 0.406. The minimum Gasteiger partial charge on any atom is -0.376 e. The molecule has 0 heterocycles. The van der Waals surface area contributed by atoms with Gasteiger partial charge in [0.15, 0.2) is 0 Å². The molecule has 2 heteroatoms. The molecule has 2 nitrogen and oxygen atoms in total. The van der Waals surface area contributed by atoms with Crippen LogP contribution in [0.15, 0.2) is 0 Å².